The first-order valence-electron chi connectivity index (χ1n) is 7.21. The number of benzene rings is 1. The van der Waals surface area contributed by atoms with Crippen molar-refractivity contribution in [1.82, 2.24) is 9.21 Å². The van der Waals surface area contributed by atoms with Gasteiger partial charge in [-0.15, -0.1) is 0 Å². The van der Waals surface area contributed by atoms with Crippen molar-refractivity contribution in [1.29, 1.82) is 0 Å². The molecule has 112 valence electrons. The molecular weight excluding hydrogens is 272 g/mol. The highest BCUT2D eigenvalue weighted by molar-refractivity contribution is 7.89. The van der Waals surface area contributed by atoms with Crippen LogP contribution in [0.4, 0.5) is 0 Å². The van der Waals surface area contributed by atoms with Gasteiger partial charge in [0.25, 0.3) is 0 Å². The molecule has 4 nitrogen and oxygen atoms in total. The zero-order chi connectivity index (χ0) is 14.6. The van der Waals surface area contributed by atoms with Crippen LogP contribution >= 0.6 is 0 Å². The Labute approximate surface area is 122 Å². The second-order valence-electron chi connectivity index (χ2n) is 5.63. The summed E-state index contributed by atoms with van der Waals surface area (Å²) in [5.74, 6) is 0.246. The molecule has 1 heterocycles. The summed E-state index contributed by atoms with van der Waals surface area (Å²) in [5, 5.41) is 0. The molecule has 1 unspecified atom stereocenters. The van der Waals surface area contributed by atoms with Crippen LogP contribution in [-0.2, 0) is 16.4 Å². The summed E-state index contributed by atoms with van der Waals surface area (Å²) < 4.78 is 26.5. The van der Waals surface area contributed by atoms with Crippen LogP contribution in [0, 0.1) is 0 Å². The van der Waals surface area contributed by atoms with E-state index in [2.05, 4.69) is 4.90 Å². The van der Waals surface area contributed by atoms with E-state index in [1.165, 1.54) is 5.56 Å². The highest BCUT2D eigenvalue weighted by atomic mass is 32.2. The van der Waals surface area contributed by atoms with E-state index in [1.807, 2.05) is 44.3 Å². The van der Waals surface area contributed by atoms with Gasteiger partial charge in [0.05, 0.1) is 5.75 Å². The number of aryl methyl sites for hydroxylation is 1. The molecule has 1 atom stereocenters. The van der Waals surface area contributed by atoms with E-state index < -0.39 is 10.0 Å². The van der Waals surface area contributed by atoms with Crippen molar-refractivity contribution in [3.63, 3.8) is 0 Å². The van der Waals surface area contributed by atoms with Crippen LogP contribution in [0.5, 0.6) is 0 Å². The lowest BCUT2D eigenvalue weighted by atomic mass is 10.1. The minimum atomic E-state index is -3.12. The summed E-state index contributed by atoms with van der Waals surface area (Å²) >= 11 is 0. The van der Waals surface area contributed by atoms with Crippen molar-refractivity contribution in [3.8, 4) is 0 Å². The van der Waals surface area contributed by atoms with E-state index in [4.69, 9.17) is 0 Å². The minimum absolute atomic E-state index is 0.0791. The molecule has 2 rings (SSSR count). The topological polar surface area (TPSA) is 40.6 Å². The molecule has 0 amide bonds. The number of piperazine rings is 1. The third-order valence-electron chi connectivity index (χ3n) is 3.84. The molecule has 0 bridgehead atoms. The number of likely N-dealkylation sites (N-methyl/N-ethyl adjacent to an activating group) is 1. The number of hydrogen-bond donors (Lipinski definition) is 0. The van der Waals surface area contributed by atoms with Gasteiger partial charge in [-0.25, -0.2) is 8.42 Å². The summed E-state index contributed by atoms with van der Waals surface area (Å²) in [7, 11) is -1.08. The zero-order valence-corrected chi connectivity index (χ0v) is 13.1. The molecule has 0 aromatic heterocycles. The van der Waals surface area contributed by atoms with Crippen molar-refractivity contribution < 1.29 is 8.42 Å². The van der Waals surface area contributed by atoms with Crippen LogP contribution in [0.15, 0.2) is 30.3 Å². The molecule has 1 aliphatic rings. The molecule has 0 saturated carbocycles. The Kier molecular flexibility index (Phi) is 5.18. The van der Waals surface area contributed by atoms with Gasteiger partial charge in [-0.3, -0.25) is 0 Å². The second-order valence-corrected chi connectivity index (χ2v) is 7.67. The summed E-state index contributed by atoms with van der Waals surface area (Å²) in [6, 6.07) is 10.1. The van der Waals surface area contributed by atoms with Gasteiger partial charge in [0.2, 0.25) is 10.0 Å². The average molecular weight is 296 g/mol. The molecule has 1 fully saturated rings. The molecule has 0 aliphatic carbocycles. The highest BCUT2D eigenvalue weighted by Crippen LogP contribution is 2.15. The molecule has 1 aromatic rings. The predicted octanol–water partition coefficient (Wildman–Crippen LogP) is 1.58. The van der Waals surface area contributed by atoms with Crippen molar-refractivity contribution in [2.24, 2.45) is 0 Å². The fourth-order valence-corrected chi connectivity index (χ4v) is 4.48. The number of sulfonamides is 1. The van der Waals surface area contributed by atoms with Crippen LogP contribution in [0.1, 0.15) is 18.9 Å². The minimum Gasteiger partial charge on any atom is -0.303 e. The monoisotopic (exact) mass is 296 g/mol. The Morgan fingerprint density at radius 3 is 2.55 bits per heavy atom. The van der Waals surface area contributed by atoms with Crippen molar-refractivity contribution in [3.05, 3.63) is 35.9 Å². The van der Waals surface area contributed by atoms with Crippen molar-refractivity contribution in [2.45, 2.75) is 25.8 Å². The van der Waals surface area contributed by atoms with E-state index in [9.17, 15) is 8.42 Å². The molecule has 1 aliphatic heterocycles. The van der Waals surface area contributed by atoms with E-state index in [-0.39, 0.29) is 11.8 Å². The molecule has 0 radical (unpaired) electrons. The average Bonchev–Trinajstić information content (AvgIpc) is 2.39. The summed E-state index contributed by atoms with van der Waals surface area (Å²) in [4.78, 5) is 2.18. The second kappa shape index (κ2) is 6.70. The van der Waals surface area contributed by atoms with Gasteiger partial charge in [-0.1, -0.05) is 30.3 Å². The molecule has 5 heteroatoms. The SMILES string of the molecule is CC1CN(C)CCN1S(=O)(=O)CCCc1ccccc1. The maximum Gasteiger partial charge on any atom is 0.214 e. The third-order valence-corrected chi connectivity index (χ3v) is 5.90. The Bertz CT molecular complexity index is 516. The van der Waals surface area contributed by atoms with Crippen LogP contribution in [0.25, 0.3) is 0 Å². The van der Waals surface area contributed by atoms with E-state index >= 15 is 0 Å². The molecule has 1 saturated heterocycles. The lowest BCUT2D eigenvalue weighted by Gasteiger charge is -2.37. The fourth-order valence-electron chi connectivity index (χ4n) is 2.76. The first kappa shape index (κ1) is 15.5. The van der Waals surface area contributed by atoms with E-state index in [0.717, 1.165) is 19.5 Å². The Morgan fingerprint density at radius 2 is 1.90 bits per heavy atom. The van der Waals surface area contributed by atoms with Crippen LogP contribution in [-0.4, -0.2) is 56.1 Å². The maximum absolute atomic E-state index is 12.4. The highest BCUT2D eigenvalue weighted by Gasteiger charge is 2.30. The van der Waals surface area contributed by atoms with E-state index in [0.29, 0.717) is 13.0 Å². The number of nitrogens with zero attached hydrogens (tertiary/aromatic N) is 2. The first-order valence-corrected chi connectivity index (χ1v) is 8.82. The first-order chi connectivity index (χ1) is 9.49. The largest absolute Gasteiger partial charge is 0.303 e. The molecule has 0 spiro atoms. The van der Waals surface area contributed by atoms with Gasteiger partial charge in [0, 0.05) is 25.7 Å². The Balaban J connectivity index is 1.88. The molecule has 20 heavy (non-hydrogen) atoms. The molecule has 0 N–H and O–H groups in total. The standard InChI is InChI=1S/C15H24N2O2S/c1-14-13-16(2)10-11-17(14)20(18,19)12-6-9-15-7-4-3-5-8-15/h3-5,7-8,14H,6,9-13H2,1-2H3. The number of rotatable bonds is 5. The lowest BCUT2D eigenvalue weighted by Crippen LogP contribution is -2.53. The fraction of sp³-hybridized carbons (Fsp3) is 0.600. The molecule has 1 aromatic carbocycles. The smallest absolute Gasteiger partial charge is 0.214 e. The molecular formula is C15H24N2O2S. The van der Waals surface area contributed by atoms with Gasteiger partial charge in [-0.2, -0.15) is 4.31 Å². The Hall–Kier alpha value is -0.910. The van der Waals surface area contributed by atoms with Gasteiger partial charge in [0.1, 0.15) is 0 Å². The lowest BCUT2D eigenvalue weighted by molar-refractivity contribution is 0.170. The normalized spacial score (nSPS) is 22.0. The maximum atomic E-state index is 12.4. The van der Waals surface area contributed by atoms with Gasteiger partial charge < -0.3 is 4.90 Å². The summed E-state index contributed by atoms with van der Waals surface area (Å²) in [5.41, 5.74) is 1.20. The van der Waals surface area contributed by atoms with Gasteiger partial charge in [0.15, 0.2) is 0 Å². The Morgan fingerprint density at radius 1 is 1.20 bits per heavy atom. The van der Waals surface area contributed by atoms with Gasteiger partial charge >= 0.3 is 0 Å². The summed E-state index contributed by atoms with van der Waals surface area (Å²) in [6.45, 7) is 4.25. The quantitative estimate of drug-likeness (QED) is 0.828. The van der Waals surface area contributed by atoms with E-state index in [1.54, 1.807) is 4.31 Å². The number of hydrogen-bond acceptors (Lipinski definition) is 3. The zero-order valence-electron chi connectivity index (χ0n) is 12.3. The van der Waals surface area contributed by atoms with Crippen molar-refractivity contribution >= 4 is 10.0 Å². The third kappa shape index (κ3) is 4.04. The summed E-state index contributed by atoms with van der Waals surface area (Å²) in [6.07, 6.45) is 1.51. The predicted molar refractivity (Wildman–Crippen MR) is 82.2 cm³/mol. The van der Waals surface area contributed by atoms with Crippen LogP contribution in [0.3, 0.4) is 0 Å². The van der Waals surface area contributed by atoms with Gasteiger partial charge in [-0.05, 0) is 32.4 Å². The van der Waals surface area contributed by atoms with Crippen molar-refractivity contribution in [2.75, 3.05) is 32.4 Å². The van der Waals surface area contributed by atoms with Crippen LogP contribution in [0.2, 0.25) is 0 Å². The van der Waals surface area contributed by atoms with Crippen LogP contribution < -0.4 is 0 Å².